The van der Waals surface area contributed by atoms with Gasteiger partial charge in [0, 0.05) is 24.1 Å². The fourth-order valence-corrected chi connectivity index (χ4v) is 4.37. The Bertz CT molecular complexity index is 795. The van der Waals surface area contributed by atoms with Crippen LogP contribution >= 0.6 is 0 Å². The highest BCUT2D eigenvalue weighted by atomic mass is 16.3. The Morgan fingerprint density at radius 1 is 1.08 bits per heavy atom. The first kappa shape index (κ1) is 16.1. The van der Waals surface area contributed by atoms with E-state index in [2.05, 4.69) is 6.07 Å². The maximum Gasteiger partial charge on any atom is 0.253 e. The molecule has 1 aliphatic heterocycles. The van der Waals surface area contributed by atoms with Crippen molar-refractivity contribution in [3.63, 3.8) is 0 Å². The summed E-state index contributed by atoms with van der Waals surface area (Å²) in [5.41, 5.74) is 8.60. The van der Waals surface area contributed by atoms with E-state index in [1.165, 1.54) is 12.1 Å². The zero-order valence-corrected chi connectivity index (χ0v) is 13.9. The van der Waals surface area contributed by atoms with Crippen molar-refractivity contribution >= 4 is 5.91 Å². The minimum absolute atomic E-state index is 0.0417. The molecule has 1 saturated heterocycles. The number of carbonyl (C=O) groups excluding carboxylic acids is 1. The third-order valence-corrected chi connectivity index (χ3v) is 5.82. The fraction of sp³-hybridized carbons (Fsp3) is 0.350. The SMILES string of the molecule is N[C@H]1c2ccccc2C2(CCN(C(=O)c3ccc(O)cc3)CC2)[C@@H]1O. The number of piperidine rings is 1. The molecule has 1 heterocycles. The van der Waals surface area contributed by atoms with E-state index in [0.717, 1.165) is 11.1 Å². The first-order valence-corrected chi connectivity index (χ1v) is 8.64. The van der Waals surface area contributed by atoms with Gasteiger partial charge in [-0.15, -0.1) is 0 Å². The van der Waals surface area contributed by atoms with Gasteiger partial charge in [-0.2, -0.15) is 0 Å². The second-order valence-corrected chi connectivity index (χ2v) is 7.05. The summed E-state index contributed by atoms with van der Waals surface area (Å²) in [5, 5.41) is 20.2. The Hall–Kier alpha value is -2.37. The van der Waals surface area contributed by atoms with Gasteiger partial charge < -0.3 is 20.8 Å². The molecule has 0 saturated carbocycles. The molecule has 0 aromatic heterocycles. The number of phenols is 1. The number of fused-ring (bicyclic) bond motifs is 2. The minimum Gasteiger partial charge on any atom is -0.508 e. The number of nitrogens with zero attached hydrogens (tertiary/aromatic N) is 1. The average molecular weight is 338 g/mol. The summed E-state index contributed by atoms with van der Waals surface area (Å²) in [5.74, 6) is 0.105. The molecule has 0 bridgehead atoms. The van der Waals surface area contributed by atoms with Crippen molar-refractivity contribution in [1.29, 1.82) is 0 Å². The van der Waals surface area contributed by atoms with Gasteiger partial charge in [-0.05, 0) is 48.2 Å². The lowest BCUT2D eigenvalue weighted by atomic mass is 9.72. The van der Waals surface area contributed by atoms with Crippen molar-refractivity contribution in [2.75, 3.05) is 13.1 Å². The van der Waals surface area contributed by atoms with Crippen LogP contribution in [0.3, 0.4) is 0 Å². The number of hydrogen-bond acceptors (Lipinski definition) is 4. The second-order valence-electron chi connectivity index (χ2n) is 7.05. The Kier molecular flexibility index (Phi) is 3.78. The minimum atomic E-state index is -0.615. The number of likely N-dealkylation sites (tertiary alicyclic amines) is 1. The Morgan fingerprint density at radius 3 is 2.40 bits per heavy atom. The summed E-state index contributed by atoms with van der Waals surface area (Å²) >= 11 is 0. The Morgan fingerprint density at radius 2 is 1.72 bits per heavy atom. The summed E-state index contributed by atoms with van der Waals surface area (Å²) in [6.07, 6.45) is 0.779. The maximum absolute atomic E-state index is 12.7. The van der Waals surface area contributed by atoms with Crippen molar-refractivity contribution in [2.45, 2.75) is 30.4 Å². The molecule has 5 heteroatoms. The molecule has 4 N–H and O–H groups in total. The predicted octanol–water partition coefficient (Wildman–Crippen LogP) is 1.94. The van der Waals surface area contributed by atoms with Crippen molar-refractivity contribution in [3.05, 3.63) is 65.2 Å². The second kappa shape index (κ2) is 5.86. The van der Waals surface area contributed by atoms with Crippen LogP contribution in [0.25, 0.3) is 0 Å². The highest BCUT2D eigenvalue weighted by Gasteiger charge is 2.51. The lowest BCUT2D eigenvalue weighted by Gasteiger charge is -2.42. The number of hydrogen-bond donors (Lipinski definition) is 3. The molecule has 4 rings (SSSR count). The van der Waals surface area contributed by atoms with Gasteiger partial charge in [-0.3, -0.25) is 4.79 Å². The van der Waals surface area contributed by atoms with E-state index in [4.69, 9.17) is 5.73 Å². The van der Waals surface area contributed by atoms with Crippen LogP contribution in [-0.4, -0.2) is 40.2 Å². The number of aromatic hydroxyl groups is 1. The molecule has 2 aliphatic rings. The maximum atomic E-state index is 12.7. The zero-order chi connectivity index (χ0) is 17.6. The van der Waals surface area contributed by atoms with E-state index in [-0.39, 0.29) is 23.1 Å². The largest absolute Gasteiger partial charge is 0.508 e. The monoisotopic (exact) mass is 338 g/mol. The van der Waals surface area contributed by atoms with Crippen LogP contribution in [0.1, 0.15) is 40.4 Å². The molecule has 1 fully saturated rings. The van der Waals surface area contributed by atoms with Gasteiger partial charge in [0.15, 0.2) is 0 Å². The molecule has 1 amide bonds. The average Bonchev–Trinajstić information content (AvgIpc) is 2.85. The smallest absolute Gasteiger partial charge is 0.253 e. The van der Waals surface area contributed by atoms with Crippen LogP contribution in [0.2, 0.25) is 0 Å². The Balaban J connectivity index is 1.55. The van der Waals surface area contributed by atoms with Gasteiger partial charge in [-0.25, -0.2) is 0 Å². The van der Waals surface area contributed by atoms with Gasteiger partial charge >= 0.3 is 0 Å². The van der Waals surface area contributed by atoms with Gasteiger partial charge in [0.2, 0.25) is 0 Å². The highest BCUT2D eigenvalue weighted by Crippen LogP contribution is 2.50. The van der Waals surface area contributed by atoms with Gasteiger partial charge in [0.05, 0.1) is 12.1 Å². The number of benzene rings is 2. The molecule has 5 nitrogen and oxygen atoms in total. The number of amides is 1. The molecular formula is C20H22N2O3. The molecule has 1 spiro atoms. The number of rotatable bonds is 1. The van der Waals surface area contributed by atoms with Crippen LogP contribution in [0.15, 0.2) is 48.5 Å². The molecule has 130 valence electrons. The molecule has 2 aromatic rings. The zero-order valence-electron chi connectivity index (χ0n) is 13.9. The topological polar surface area (TPSA) is 86.8 Å². The Labute approximate surface area is 146 Å². The van der Waals surface area contributed by atoms with Crippen LogP contribution in [0, 0.1) is 0 Å². The normalized spacial score (nSPS) is 24.3. The molecular weight excluding hydrogens is 316 g/mol. The van der Waals surface area contributed by atoms with Crippen molar-refractivity contribution < 1.29 is 15.0 Å². The van der Waals surface area contributed by atoms with E-state index < -0.39 is 6.10 Å². The summed E-state index contributed by atoms with van der Waals surface area (Å²) in [7, 11) is 0. The number of aliphatic hydroxyl groups is 1. The lowest BCUT2D eigenvalue weighted by molar-refractivity contribution is 0.0262. The summed E-state index contributed by atoms with van der Waals surface area (Å²) in [6, 6.07) is 13.9. The third-order valence-electron chi connectivity index (χ3n) is 5.82. The van der Waals surface area contributed by atoms with Gasteiger partial charge in [-0.1, -0.05) is 24.3 Å². The quantitative estimate of drug-likeness (QED) is 0.742. The first-order chi connectivity index (χ1) is 12.0. The summed E-state index contributed by atoms with van der Waals surface area (Å²) in [4.78, 5) is 14.5. The lowest BCUT2D eigenvalue weighted by Crippen LogP contribution is -2.50. The molecule has 0 radical (unpaired) electrons. The first-order valence-electron chi connectivity index (χ1n) is 8.64. The molecule has 25 heavy (non-hydrogen) atoms. The van der Waals surface area contributed by atoms with Crippen molar-refractivity contribution in [1.82, 2.24) is 4.90 Å². The van der Waals surface area contributed by atoms with Gasteiger partial charge in [0.1, 0.15) is 5.75 Å². The van der Waals surface area contributed by atoms with E-state index in [0.29, 0.717) is 31.5 Å². The highest BCUT2D eigenvalue weighted by molar-refractivity contribution is 5.94. The fourth-order valence-electron chi connectivity index (χ4n) is 4.37. The van der Waals surface area contributed by atoms with Gasteiger partial charge in [0.25, 0.3) is 5.91 Å². The van der Waals surface area contributed by atoms with E-state index in [9.17, 15) is 15.0 Å². The van der Waals surface area contributed by atoms with E-state index in [1.807, 2.05) is 23.1 Å². The summed E-state index contributed by atoms with van der Waals surface area (Å²) < 4.78 is 0. The standard InChI is InChI=1S/C20H22N2O3/c21-17-15-3-1-2-4-16(15)20(18(17)24)9-11-22(12-10-20)19(25)13-5-7-14(23)8-6-13/h1-8,17-18,23-24H,9-12,21H2/t17-,18+/m0/s1. The molecule has 2 aromatic carbocycles. The third kappa shape index (κ3) is 2.42. The van der Waals surface area contributed by atoms with E-state index in [1.54, 1.807) is 12.1 Å². The van der Waals surface area contributed by atoms with Crippen LogP contribution in [-0.2, 0) is 5.41 Å². The van der Waals surface area contributed by atoms with Crippen molar-refractivity contribution in [2.24, 2.45) is 5.73 Å². The van der Waals surface area contributed by atoms with Crippen LogP contribution in [0.5, 0.6) is 5.75 Å². The number of nitrogens with two attached hydrogens (primary N) is 1. The van der Waals surface area contributed by atoms with Crippen LogP contribution in [0.4, 0.5) is 0 Å². The summed E-state index contributed by atoms with van der Waals surface area (Å²) in [6.45, 7) is 1.16. The molecule has 1 aliphatic carbocycles. The van der Waals surface area contributed by atoms with Crippen molar-refractivity contribution in [3.8, 4) is 5.75 Å². The van der Waals surface area contributed by atoms with E-state index >= 15 is 0 Å². The number of phenolic OH excluding ortho intramolecular Hbond substituents is 1. The van der Waals surface area contributed by atoms with Crippen LogP contribution < -0.4 is 5.73 Å². The molecule has 2 atom stereocenters. The number of aliphatic hydroxyl groups excluding tert-OH is 1. The molecule has 0 unspecified atom stereocenters. The number of carbonyl (C=O) groups is 1. The predicted molar refractivity (Wildman–Crippen MR) is 94.3 cm³/mol.